The van der Waals surface area contributed by atoms with Crippen molar-refractivity contribution in [3.05, 3.63) is 58.6 Å². The largest absolute Gasteiger partial charge is 0.465 e. The van der Waals surface area contributed by atoms with Crippen LogP contribution in [0.1, 0.15) is 54.4 Å². The summed E-state index contributed by atoms with van der Waals surface area (Å²) in [5.41, 5.74) is 1.67. The van der Waals surface area contributed by atoms with Gasteiger partial charge in [0.15, 0.2) is 0 Å². The molecule has 2 aromatic rings. The molecule has 218 valence electrons. The summed E-state index contributed by atoms with van der Waals surface area (Å²) in [4.78, 5) is 41.4. The van der Waals surface area contributed by atoms with Crippen LogP contribution in [0.2, 0.25) is 5.02 Å². The maximum absolute atomic E-state index is 12.8. The van der Waals surface area contributed by atoms with E-state index in [0.717, 1.165) is 36.4 Å². The molecule has 2 aromatic carbocycles. The third-order valence-corrected chi connectivity index (χ3v) is 9.81. The fraction of sp³-hybridized carbons (Fsp3) is 0.531. The number of methoxy groups -OCH3 is 1. The van der Waals surface area contributed by atoms with Crippen LogP contribution in [0.4, 0.5) is 0 Å². The van der Waals surface area contributed by atoms with Crippen LogP contribution in [0.15, 0.2) is 42.5 Å². The predicted octanol–water partition coefficient (Wildman–Crippen LogP) is 4.90. The highest BCUT2D eigenvalue weighted by Crippen LogP contribution is 2.65. The Kier molecular flexibility index (Phi) is 7.97. The number of carbonyl (C=O) groups excluding carboxylic acids is 3. The van der Waals surface area contributed by atoms with Gasteiger partial charge in [-0.05, 0) is 103 Å². The van der Waals surface area contributed by atoms with E-state index in [0.29, 0.717) is 48.1 Å². The molecule has 1 heterocycles. The Labute approximate surface area is 246 Å². The highest BCUT2D eigenvalue weighted by atomic mass is 35.5. The predicted molar refractivity (Wildman–Crippen MR) is 155 cm³/mol. The van der Waals surface area contributed by atoms with Gasteiger partial charge in [0.1, 0.15) is 11.5 Å². The van der Waals surface area contributed by atoms with Crippen LogP contribution in [0.5, 0.6) is 11.5 Å². The van der Waals surface area contributed by atoms with Gasteiger partial charge in [-0.15, -0.1) is 0 Å². The van der Waals surface area contributed by atoms with Gasteiger partial charge in [0, 0.05) is 44.2 Å². The molecule has 2 amide bonds. The van der Waals surface area contributed by atoms with Gasteiger partial charge in [-0.1, -0.05) is 11.6 Å². The molecule has 9 heteroatoms. The zero-order chi connectivity index (χ0) is 28.6. The van der Waals surface area contributed by atoms with Crippen LogP contribution in [0.3, 0.4) is 0 Å². The van der Waals surface area contributed by atoms with E-state index in [1.807, 2.05) is 17.0 Å². The highest BCUT2D eigenvalue weighted by Gasteiger charge is 2.56. The Morgan fingerprint density at radius 3 is 2.32 bits per heavy atom. The zero-order valence-corrected chi connectivity index (χ0v) is 24.3. The molecule has 4 bridgehead atoms. The van der Waals surface area contributed by atoms with Crippen molar-refractivity contribution >= 4 is 29.4 Å². The fourth-order valence-electron chi connectivity index (χ4n) is 7.98. The number of benzene rings is 2. The minimum absolute atomic E-state index is 0.0112. The molecule has 8 nitrogen and oxygen atoms in total. The van der Waals surface area contributed by atoms with Gasteiger partial charge in [0.25, 0.3) is 0 Å². The van der Waals surface area contributed by atoms with Crippen molar-refractivity contribution in [2.45, 2.75) is 45.1 Å². The second-order valence-corrected chi connectivity index (χ2v) is 12.9. The highest BCUT2D eigenvalue weighted by molar-refractivity contribution is 6.30. The number of hydrogen-bond acceptors (Lipinski definition) is 6. The van der Waals surface area contributed by atoms with Crippen molar-refractivity contribution in [2.24, 2.45) is 23.2 Å². The summed E-state index contributed by atoms with van der Waals surface area (Å²) in [5.74, 6) is 3.35. The number of nitrogens with one attached hydrogen (secondary N) is 1. The van der Waals surface area contributed by atoms with Crippen LogP contribution in [-0.2, 0) is 20.9 Å². The minimum atomic E-state index is -0.398. The number of nitrogens with zero attached hydrogens (tertiary/aromatic N) is 2. The van der Waals surface area contributed by atoms with Crippen molar-refractivity contribution in [3.63, 3.8) is 0 Å². The molecule has 41 heavy (non-hydrogen) atoms. The summed E-state index contributed by atoms with van der Waals surface area (Å²) in [6, 6.07) is 12.4. The first-order chi connectivity index (χ1) is 19.8. The van der Waals surface area contributed by atoms with E-state index < -0.39 is 5.97 Å². The number of carbonyl (C=O) groups is 3. The molecule has 0 spiro atoms. The summed E-state index contributed by atoms with van der Waals surface area (Å²) in [5, 5.41) is 3.51. The lowest BCUT2D eigenvalue weighted by molar-refractivity contribution is -0.135. The van der Waals surface area contributed by atoms with Gasteiger partial charge in [-0.3, -0.25) is 14.5 Å². The molecule has 0 aromatic heterocycles. The Hall–Kier alpha value is -3.10. The summed E-state index contributed by atoms with van der Waals surface area (Å²) in [6.07, 6.45) is 6.96. The zero-order valence-electron chi connectivity index (χ0n) is 23.6. The van der Waals surface area contributed by atoms with E-state index in [4.69, 9.17) is 21.1 Å². The van der Waals surface area contributed by atoms with E-state index in [9.17, 15) is 14.4 Å². The van der Waals surface area contributed by atoms with Crippen LogP contribution in [0, 0.1) is 23.2 Å². The lowest BCUT2D eigenvalue weighted by Crippen LogP contribution is -2.51. The molecule has 7 rings (SSSR count). The quantitative estimate of drug-likeness (QED) is 0.425. The van der Waals surface area contributed by atoms with E-state index in [1.54, 1.807) is 30.3 Å². The number of hydrogen-bond donors (Lipinski definition) is 1. The summed E-state index contributed by atoms with van der Waals surface area (Å²) >= 11 is 6.39. The maximum Gasteiger partial charge on any atom is 0.337 e. The first-order valence-corrected chi connectivity index (χ1v) is 15.1. The van der Waals surface area contributed by atoms with Crippen molar-refractivity contribution in [2.75, 3.05) is 39.8 Å². The molecule has 4 aliphatic carbocycles. The molecular weight excluding hydrogens is 542 g/mol. The van der Waals surface area contributed by atoms with E-state index in [2.05, 4.69) is 10.2 Å². The van der Waals surface area contributed by atoms with Gasteiger partial charge in [-0.25, -0.2) is 4.79 Å². The number of esters is 1. The second kappa shape index (κ2) is 11.6. The molecule has 5 aliphatic rings. The van der Waals surface area contributed by atoms with Crippen molar-refractivity contribution in [3.8, 4) is 11.5 Å². The Morgan fingerprint density at radius 2 is 1.66 bits per heavy atom. The average Bonchev–Trinajstić information content (AvgIpc) is 3.37. The first kappa shape index (κ1) is 28.0. The molecule has 2 unspecified atom stereocenters. The SMILES string of the molecule is COC(=O)c1ccc(Oc2cc(Cl)cc(CN3CCN(C(=O)CNC(=O)CC45CC6CC(C4)C(C6)C5)CC3)c2)cc1. The van der Waals surface area contributed by atoms with Gasteiger partial charge in [-0.2, -0.15) is 0 Å². The minimum Gasteiger partial charge on any atom is -0.465 e. The van der Waals surface area contributed by atoms with Crippen LogP contribution in [-0.4, -0.2) is 67.4 Å². The van der Waals surface area contributed by atoms with Crippen LogP contribution >= 0.6 is 11.6 Å². The maximum atomic E-state index is 12.8. The van der Waals surface area contributed by atoms with Crippen LogP contribution in [0.25, 0.3) is 0 Å². The third-order valence-electron chi connectivity index (χ3n) is 9.60. The van der Waals surface area contributed by atoms with Crippen molar-refractivity contribution in [1.82, 2.24) is 15.1 Å². The van der Waals surface area contributed by atoms with Gasteiger partial charge in [0.05, 0.1) is 19.2 Å². The standard InChI is InChI=1S/C32H38ClN3O5/c1-40-31(39)23-2-4-27(5-3-23)41-28-13-22(12-26(33)14-28)20-35-6-8-36(9-7-35)30(38)19-34-29(37)18-32-15-21-10-24(16-32)25(11-21)17-32/h2-5,12-14,21,24-25H,6-11,15-20H2,1H3,(H,34,37). The van der Waals surface area contributed by atoms with E-state index in [-0.39, 0.29) is 23.8 Å². The number of rotatable bonds is 9. The smallest absolute Gasteiger partial charge is 0.337 e. The van der Waals surface area contributed by atoms with Gasteiger partial charge < -0.3 is 19.7 Å². The molecule has 1 aliphatic heterocycles. The molecule has 1 N–H and O–H groups in total. The number of amides is 2. The number of halogens is 1. The summed E-state index contributed by atoms with van der Waals surface area (Å²) in [7, 11) is 1.35. The molecule has 0 radical (unpaired) electrons. The lowest BCUT2D eigenvalue weighted by Gasteiger charge is -2.38. The van der Waals surface area contributed by atoms with Gasteiger partial charge in [0.2, 0.25) is 11.8 Å². The normalized spacial score (nSPS) is 26.7. The first-order valence-electron chi connectivity index (χ1n) is 14.7. The molecule has 4 saturated carbocycles. The molecule has 1 saturated heterocycles. The van der Waals surface area contributed by atoms with Crippen molar-refractivity contribution < 1.29 is 23.9 Å². The fourth-order valence-corrected chi connectivity index (χ4v) is 8.23. The van der Waals surface area contributed by atoms with Gasteiger partial charge >= 0.3 is 5.97 Å². The Bertz CT molecular complexity index is 1290. The second-order valence-electron chi connectivity index (χ2n) is 12.5. The number of piperazine rings is 1. The molecular formula is C32H38ClN3O5. The van der Waals surface area contributed by atoms with Crippen molar-refractivity contribution in [1.29, 1.82) is 0 Å². The monoisotopic (exact) mass is 579 g/mol. The topological polar surface area (TPSA) is 88.2 Å². The summed E-state index contributed by atoms with van der Waals surface area (Å²) in [6.45, 7) is 3.50. The lowest BCUT2D eigenvalue weighted by atomic mass is 9.67. The molecule has 5 fully saturated rings. The average molecular weight is 580 g/mol. The van der Waals surface area contributed by atoms with E-state index >= 15 is 0 Å². The van der Waals surface area contributed by atoms with Crippen LogP contribution < -0.4 is 10.1 Å². The van der Waals surface area contributed by atoms with E-state index in [1.165, 1.54) is 39.2 Å². The summed E-state index contributed by atoms with van der Waals surface area (Å²) < 4.78 is 10.7. The Morgan fingerprint density at radius 1 is 0.951 bits per heavy atom. The molecule has 2 atom stereocenters. The number of ether oxygens (including phenoxy) is 2. The Balaban J connectivity index is 0.950. The third kappa shape index (κ3) is 6.38.